The van der Waals surface area contributed by atoms with Gasteiger partial charge in [0, 0.05) is 6.54 Å². The third-order valence-electron chi connectivity index (χ3n) is 2.54. The third kappa shape index (κ3) is 3.74. The van der Waals surface area contributed by atoms with E-state index in [0.717, 1.165) is 24.8 Å². The van der Waals surface area contributed by atoms with E-state index in [1.54, 1.807) is 18.3 Å². The Morgan fingerprint density at radius 1 is 1.20 bits per heavy atom. The first-order valence-electron chi connectivity index (χ1n) is 6.32. The Morgan fingerprint density at radius 2 is 2.05 bits per heavy atom. The maximum Gasteiger partial charge on any atom is 0.275 e. The number of amides is 1. The van der Waals surface area contributed by atoms with Crippen LogP contribution >= 0.6 is 0 Å². The van der Waals surface area contributed by atoms with Gasteiger partial charge in [-0.1, -0.05) is 6.92 Å². The molecule has 0 bridgehead atoms. The molecule has 0 aliphatic carbocycles. The average molecular weight is 274 g/mol. The lowest BCUT2D eigenvalue weighted by atomic mass is 10.3. The molecule has 104 valence electrons. The highest BCUT2D eigenvalue weighted by Gasteiger charge is 2.08. The number of pyridine rings is 2. The van der Waals surface area contributed by atoms with Crippen LogP contribution in [0.15, 0.2) is 36.7 Å². The van der Waals surface area contributed by atoms with Gasteiger partial charge in [0.1, 0.15) is 17.3 Å². The van der Waals surface area contributed by atoms with E-state index >= 15 is 0 Å². The summed E-state index contributed by atoms with van der Waals surface area (Å²) in [7, 11) is 0. The molecule has 0 saturated heterocycles. The molecule has 2 aromatic rings. The largest absolute Gasteiger partial charge is 0.384 e. The van der Waals surface area contributed by atoms with Crippen molar-refractivity contribution in [2.75, 3.05) is 17.2 Å². The number of hydrogen-bond acceptors (Lipinski definition) is 4. The normalized spacial score (nSPS) is 10.1. The molecule has 6 heteroatoms. The highest BCUT2D eigenvalue weighted by molar-refractivity contribution is 6.02. The second-order valence-electron chi connectivity index (χ2n) is 4.17. The molecule has 0 aliphatic heterocycles. The molecule has 0 fully saturated rings. The van der Waals surface area contributed by atoms with E-state index in [1.807, 2.05) is 0 Å². The Labute approximate surface area is 116 Å². The number of halogens is 1. The molecule has 0 aliphatic rings. The molecule has 2 rings (SSSR count). The van der Waals surface area contributed by atoms with Crippen molar-refractivity contribution in [1.82, 2.24) is 9.97 Å². The number of carbonyl (C=O) groups is 1. The fourth-order valence-corrected chi connectivity index (χ4v) is 1.53. The second kappa shape index (κ2) is 6.60. The topological polar surface area (TPSA) is 66.9 Å². The first kappa shape index (κ1) is 13.9. The summed E-state index contributed by atoms with van der Waals surface area (Å²) < 4.78 is 12.7. The smallest absolute Gasteiger partial charge is 0.275 e. The summed E-state index contributed by atoms with van der Waals surface area (Å²) in [5.41, 5.74) is 1.14. The maximum absolute atomic E-state index is 12.7. The Bertz CT molecular complexity index is 569. The van der Waals surface area contributed by atoms with Gasteiger partial charge in [-0.25, -0.2) is 14.4 Å². The first-order chi connectivity index (χ1) is 9.69. The zero-order valence-electron chi connectivity index (χ0n) is 11.1. The van der Waals surface area contributed by atoms with E-state index in [1.165, 1.54) is 12.1 Å². The van der Waals surface area contributed by atoms with Crippen molar-refractivity contribution in [1.29, 1.82) is 0 Å². The molecular weight excluding hydrogens is 259 g/mol. The van der Waals surface area contributed by atoms with Gasteiger partial charge >= 0.3 is 0 Å². The summed E-state index contributed by atoms with van der Waals surface area (Å²) in [5.74, 6) is -0.551. The molecule has 0 spiro atoms. The quantitative estimate of drug-likeness (QED) is 0.879. The third-order valence-corrected chi connectivity index (χ3v) is 2.54. The number of hydrogen-bond donors (Lipinski definition) is 2. The Balaban J connectivity index is 2.00. The number of nitrogens with one attached hydrogen (secondary N) is 2. The molecule has 2 N–H and O–H groups in total. The standard InChI is InChI=1S/C14H15FN4O/c1-2-7-16-11-4-5-12(17-9-11)14(20)19-13-6-3-10(15)8-18-13/h3-6,8-9,16H,2,7H2,1H3,(H,18,19,20). The summed E-state index contributed by atoms with van der Waals surface area (Å²) in [6, 6.07) is 6.03. The highest BCUT2D eigenvalue weighted by atomic mass is 19.1. The van der Waals surface area contributed by atoms with E-state index < -0.39 is 5.82 Å². The zero-order valence-corrected chi connectivity index (χ0v) is 11.1. The van der Waals surface area contributed by atoms with Gasteiger partial charge in [-0.2, -0.15) is 0 Å². The van der Waals surface area contributed by atoms with Crippen LogP contribution in [-0.2, 0) is 0 Å². The van der Waals surface area contributed by atoms with Crippen molar-refractivity contribution >= 4 is 17.4 Å². The van der Waals surface area contributed by atoms with Crippen molar-refractivity contribution < 1.29 is 9.18 Å². The SMILES string of the molecule is CCCNc1ccc(C(=O)Nc2ccc(F)cn2)nc1. The number of rotatable bonds is 5. The number of carbonyl (C=O) groups excluding carboxylic acids is 1. The molecular formula is C14H15FN4O. The van der Waals surface area contributed by atoms with Crippen molar-refractivity contribution in [2.24, 2.45) is 0 Å². The minimum absolute atomic E-state index is 0.276. The molecule has 0 radical (unpaired) electrons. The average Bonchev–Trinajstić information content (AvgIpc) is 2.48. The van der Waals surface area contributed by atoms with E-state index in [9.17, 15) is 9.18 Å². The van der Waals surface area contributed by atoms with Crippen LogP contribution in [0.1, 0.15) is 23.8 Å². The van der Waals surface area contributed by atoms with Gasteiger partial charge in [0.2, 0.25) is 0 Å². The van der Waals surface area contributed by atoms with Crippen LogP contribution in [0.4, 0.5) is 15.9 Å². The second-order valence-corrected chi connectivity index (χ2v) is 4.17. The van der Waals surface area contributed by atoms with Gasteiger partial charge in [0.05, 0.1) is 18.1 Å². The minimum atomic E-state index is -0.451. The first-order valence-corrected chi connectivity index (χ1v) is 6.32. The highest BCUT2D eigenvalue weighted by Crippen LogP contribution is 2.09. The van der Waals surface area contributed by atoms with Crippen LogP contribution < -0.4 is 10.6 Å². The van der Waals surface area contributed by atoms with Crippen molar-refractivity contribution in [3.8, 4) is 0 Å². The molecule has 0 saturated carbocycles. The fraction of sp³-hybridized carbons (Fsp3) is 0.214. The summed E-state index contributed by atoms with van der Waals surface area (Å²) in [6.45, 7) is 2.92. The van der Waals surface area contributed by atoms with E-state index in [-0.39, 0.29) is 17.4 Å². The monoisotopic (exact) mass is 274 g/mol. The van der Waals surface area contributed by atoms with Crippen molar-refractivity contribution in [2.45, 2.75) is 13.3 Å². The van der Waals surface area contributed by atoms with Crippen LogP contribution in [0.25, 0.3) is 0 Å². The number of anilines is 2. The lowest BCUT2D eigenvalue weighted by Gasteiger charge is -2.06. The van der Waals surface area contributed by atoms with Crippen LogP contribution in [0, 0.1) is 5.82 Å². The molecule has 20 heavy (non-hydrogen) atoms. The summed E-state index contributed by atoms with van der Waals surface area (Å²) in [5, 5.41) is 5.72. The van der Waals surface area contributed by atoms with Gasteiger partial charge in [-0.05, 0) is 30.7 Å². The van der Waals surface area contributed by atoms with Gasteiger partial charge in [-0.3, -0.25) is 4.79 Å². The van der Waals surface area contributed by atoms with Gasteiger partial charge in [0.25, 0.3) is 5.91 Å². The van der Waals surface area contributed by atoms with Gasteiger partial charge < -0.3 is 10.6 Å². The zero-order chi connectivity index (χ0) is 14.4. The molecule has 0 atom stereocenters. The number of nitrogens with zero attached hydrogens (tertiary/aromatic N) is 2. The predicted molar refractivity (Wildman–Crippen MR) is 75.2 cm³/mol. The van der Waals surface area contributed by atoms with Gasteiger partial charge in [-0.15, -0.1) is 0 Å². The maximum atomic E-state index is 12.7. The molecule has 0 unspecified atom stereocenters. The van der Waals surface area contributed by atoms with E-state index in [2.05, 4.69) is 27.5 Å². The molecule has 1 amide bonds. The molecule has 2 heterocycles. The van der Waals surface area contributed by atoms with Crippen LogP contribution in [0.2, 0.25) is 0 Å². The van der Waals surface area contributed by atoms with Crippen molar-refractivity contribution in [3.05, 3.63) is 48.2 Å². The molecule has 0 aromatic carbocycles. The summed E-state index contributed by atoms with van der Waals surface area (Å²) >= 11 is 0. The van der Waals surface area contributed by atoms with Crippen LogP contribution in [0.3, 0.4) is 0 Å². The minimum Gasteiger partial charge on any atom is -0.384 e. The molecule has 5 nitrogen and oxygen atoms in total. The lowest BCUT2D eigenvalue weighted by Crippen LogP contribution is -2.14. The van der Waals surface area contributed by atoms with Crippen LogP contribution in [-0.4, -0.2) is 22.4 Å². The Hall–Kier alpha value is -2.50. The molecule has 2 aromatic heterocycles. The number of aromatic nitrogens is 2. The lowest BCUT2D eigenvalue weighted by molar-refractivity contribution is 0.102. The van der Waals surface area contributed by atoms with Crippen LogP contribution in [0.5, 0.6) is 0 Å². The summed E-state index contributed by atoms with van der Waals surface area (Å²) in [4.78, 5) is 19.7. The van der Waals surface area contributed by atoms with E-state index in [4.69, 9.17) is 0 Å². The van der Waals surface area contributed by atoms with E-state index in [0.29, 0.717) is 0 Å². The Kier molecular flexibility index (Phi) is 4.60. The predicted octanol–water partition coefficient (Wildman–Crippen LogP) is 2.69. The van der Waals surface area contributed by atoms with Crippen molar-refractivity contribution in [3.63, 3.8) is 0 Å². The Morgan fingerprint density at radius 3 is 2.65 bits per heavy atom. The van der Waals surface area contributed by atoms with Gasteiger partial charge in [0.15, 0.2) is 0 Å². The fourth-order valence-electron chi connectivity index (χ4n) is 1.53. The summed E-state index contributed by atoms with van der Waals surface area (Å²) in [6.07, 6.45) is 3.65.